The first-order chi connectivity index (χ1) is 6.38. The molecule has 0 aliphatic heterocycles. The van der Waals surface area contributed by atoms with Gasteiger partial charge in [-0.2, -0.15) is 0 Å². The summed E-state index contributed by atoms with van der Waals surface area (Å²) in [5.41, 5.74) is 0.986. The summed E-state index contributed by atoms with van der Waals surface area (Å²) in [7, 11) is 1.58. The van der Waals surface area contributed by atoms with E-state index in [-0.39, 0.29) is 12.7 Å². The van der Waals surface area contributed by atoms with Crippen LogP contribution in [-0.4, -0.2) is 20.2 Å². The van der Waals surface area contributed by atoms with Gasteiger partial charge in [0.25, 0.3) is 0 Å². The molecule has 0 saturated heterocycles. The van der Waals surface area contributed by atoms with Crippen LogP contribution in [0.3, 0.4) is 0 Å². The topological polar surface area (TPSA) is 35.5 Å². The van der Waals surface area contributed by atoms with Gasteiger partial charge in [-0.15, -0.1) is 0 Å². The molecule has 3 nitrogen and oxygen atoms in total. The lowest BCUT2D eigenvalue weighted by atomic mass is 10.1. The summed E-state index contributed by atoms with van der Waals surface area (Å²) < 4.78 is 9.64. The van der Waals surface area contributed by atoms with Crippen molar-refractivity contribution >= 4 is 6.47 Å². The summed E-state index contributed by atoms with van der Waals surface area (Å²) in [6.07, 6.45) is -0.206. The first kappa shape index (κ1) is 9.74. The summed E-state index contributed by atoms with van der Waals surface area (Å²) in [5, 5.41) is 0. The third kappa shape index (κ3) is 2.87. The molecule has 0 N–H and O–H groups in total. The molecule has 1 rings (SSSR count). The molecule has 1 atom stereocenters. The normalized spacial score (nSPS) is 12.1. The average molecular weight is 179 g/mol. The number of hydrogen-bond donors (Lipinski definition) is 0. The number of ether oxygens (including phenoxy) is 2. The van der Waals surface area contributed by atoms with Gasteiger partial charge in [0.15, 0.2) is 0 Å². The van der Waals surface area contributed by atoms with Crippen LogP contribution in [0.2, 0.25) is 0 Å². The predicted molar refractivity (Wildman–Crippen MR) is 47.8 cm³/mol. The predicted octanol–water partition coefficient (Wildman–Crippen LogP) is 1.46. The highest BCUT2D eigenvalue weighted by atomic mass is 16.5. The Morgan fingerprint density at radius 3 is 2.62 bits per heavy atom. The number of carbonyl (C=O) groups excluding carboxylic acids is 1. The molecule has 1 aromatic carbocycles. The maximum absolute atomic E-state index is 9.85. The second kappa shape index (κ2) is 5.32. The molecule has 0 spiro atoms. The third-order valence-corrected chi connectivity index (χ3v) is 1.75. The second-order valence-corrected chi connectivity index (χ2v) is 2.53. The second-order valence-electron chi connectivity index (χ2n) is 2.53. The van der Waals surface area contributed by atoms with Crippen molar-refractivity contribution < 1.29 is 14.3 Å². The van der Waals surface area contributed by atoms with E-state index >= 15 is 0 Å². The number of hydrogen-bond acceptors (Lipinski definition) is 3. The fraction of sp³-hybridized carbons (Fsp3) is 0.300. The zero-order valence-electron chi connectivity index (χ0n) is 7.40. The largest absolute Gasteiger partial charge is 0.454 e. The molecule has 1 aromatic rings. The van der Waals surface area contributed by atoms with E-state index in [4.69, 9.17) is 4.74 Å². The van der Waals surface area contributed by atoms with Crippen LogP contribution in [0.25, 0.3) is 0 Å². The van der Waals surface area contributed by atoms with Gasteiger partial charge in [0.2, 0.25) is 0 Å². The number of rotatable bonds is 5. The molecule has 0 aromatic heterocycles. The smallest absolute Gasteiger partial charge is 0.417 e. The van der Waals surface area contributed by atoms with E-state index in [0.29, 0.717) is 0 Å². The van der Waals surface area contributed by atoms with Crippen LogP contribution in [-0.2, 0) is 14.3 Å². The van der Waals surface area contributed by atoms with Crippen LogP contribution in [0.1, 0.15) is 11.7 Å². The number of benzene rings is 1. The molecule has 0 amide bonds. The summed E-state index contributed by atoms with van der Waals surface area (Å²) in [6, 6.07) is 9.57. The Balaban J connectivity index is 2.61. The van der Waals surface area contributed by atoms with E-state index < -0.39 is 0 Å². The lowest BCUT2D eigenvalue weighted by molar-refractivity contribution is 0.0519. The van der Waals surface area contributed by atoms with Crippen molar-refractivity contribution in [2.24, 2.45) is 0 Å². The lowest BCUT2D eigenvalue weighted by Gasteiger charge is -2.13. The molecule has 0 unspecified atom stereocenters. The minimum absolute atomic E-state index is 0.198. The van der Waals surface area contributed by atoms with Gasteiger partial charge >= 0.3 is 6.47 Å². The Hall–Kier alpha value is -1.35. The zero-order valence-corrected chi connectivity index (χ0v) is 7.40. The van der Waals surface area contributed by atoms with Crippen LogP contribution in [0.4, 0.5) is 0 Å². The van der Waals surface area contributed by atoms with E-state index in [9.17, 15) is 4.79 Å². The average Bonchev–Trinajstić information content (AvgIpc) is 2.21. The van der Waals surface area contributed by atoms with Gasteiger partial charge in [-0.25, -0.2) is 4.79 Å². The molecular formula is C10H11O3. The Morgan fingerprint density at radius 1 is 1.38 bits per heavy atom. The molecular weight excluding hydrogens is 168 g/mol. The molecule has 13 heavy (non-hydrogen) atoms. The maximum Gasteiger partial charge on any atom is 0.417 e. The van der Waals surface area contributed by atoms with E-state index in [1.807, 2.05) is 30.3 Å². The van der Waals surface area contributed by atoms with Crippen molar-refractivity contribution in [2.75, 3.05) is 13.7 Å². The highest BCUT2D eigenvalue weighted by Crippen LogP contribution is 2.15. The van der Waals surface area contributed by atoms with Crippen molar-refractivity contribution in [3.63, 3.8) is 0 Å². The van der Waals surface area contributed by atoms with Gasteiger partial charge in [-0.1, -0.05) is 30.3 Å². The molecule has 1 radical (unpaired) electrons. The van der Waals surface area contributed by atoms with Crippen molar-refractivity contribution in [1.82, 2.24) is 0 Å². The van der Waals surface area contributed by atoms with Crippen LogP contribution >= 0.6 is 0 Å². The minimum atomic E-state index is -0.206. The van der Waals surface area contributed by atoms with Gasteiger partial charge in [-0.3, -0.25) is 0 Å². The first-order valence-corrected chi connectivity index (χ1v) is 3.95. The summed E-state index contributed by atoms with van der Waals surface area (Å²) >= 11 is 0. The molecule has 0 aliphatic rings. The van der Waals surface area contributed by atoms with E-state index in [2.05, 4.69) is 4.74 Å². The zero-order chi connectivity index (χ0) is 9.52. The summed E-state index contributed by atoms with van der Waals surface area (Å²) in [4.78, 5) is 9.85. The van der Waals surface area contributed by atoms with E-state index in [1.54, 1.807) is 7.11 Å². The summed E-state index contributed by atoms with van der Waals surface area (Å²) in [5.74, 6) is 0. The first-order valence-electron chi connectivity index (χ1n) is 3.95. The van der Waals surface area contributed by atoms with Gasteiger partial charge in [0, 0.05) is 7.11 Å². The standard InChI is InChI=1S/C10H11O3/c1-12-10(7-13-8-11)9-5-3-2-4-6-9/h2-6,10H,7H2,1H3/t10-/m0/s1. The fourth-order valence-corrected chi connectivity index (χ4v) is 1.08. The van der Waals surface area contributed by atoms with Crippen molar-refractivity contribution in [3.8, 4) is 0 Å². The molecule has 0 bridgehead atoms. The van der Waals surface area contributed by atoms with Gasteiger partial charge < -0.3 is 9.47 Å². The quantitative estimate of drug-likeness (QED) is 0.686. The highest BCUT2D eigenvalue weighted by molar-refractivity contribution is 5.38. The molecule has 0 saturated carbocycles. The van der Waals surface area contributed by atoms with Crippen molar-refractivity contribution in [2.45, 2.75) is 6.10 Å². The van der Waals surface area contributed by atoms with Crippen molar-refractivity contribution in [1.29, 1.82) is 0 Å². The van der Waals surface area contributed by atoms with Gasteiger partial charge in [0.1, 0.15) is 12.7 Å². The maximum atomic E-state index is 9.85. The van der Waals surface area contributed by atoms with Crippen LogP contribution in [0.5, 0.6) is 0 Å². The minimum Gasteiger partial charge on any atom is -0.454 e. The molecule has 3 heteroatoms. The third-order valence-electron chi connectivity index (χ3n) is 1.75. The molecule has 0 heterocycles. The molecule has 69 valence electrons. The van der Waals surface area contributed by atoms with Crippen LogP contribution in [0, 0.1) is 0 Å². The van der Waals surface area contributed by atoms with E-state index in [1.165, 1.54) is 6.47 Å². The molecule has 0 fully saturated rings. The monoisotopic (exact) mass is 179 g/mol. The summed E-state index contributed by atoms with van der Waals surface area (Å²) in [6.45, 7) is 1.57. The molecule has 0 aliphatic carbocycles. The lowest BCUT2D eigenvalue weighted by Crippen LogP contribution is -2.09. The fourth-order valence-electron chi connectivity index (χ4n) is 1.08. The Labute approximate surface area is 77.3 Å². The van der Waals surface area contributed by atoms with Crippen LogP contribution in [0.15, 0.2) is 30.3 Å². The van der Waals surface area contributed by atoms with E-state index in [0.717, 1.165) is 5.56 Å². The van der Waals surface area contributed by atoms with Gasteiger partial charge in [-0.05, 0) is 5.56 Å². The Kier molecular flexibility index (Phi) is 3.99. The van der Waals surface area contributed by atoms with Crippen molar-refractivity contribution in [3.05, 3.63) is 35.9 Å². The Bertz CT molecular complexity index is 246. The SMILES string of the molecule is CO[C@@H](CO[C]=O)c1ccccc1. The van der Waals surface area contributed by atoms with Crippen LogP contribution < -0.4 is 0 Å². The Morgan fingerprint density at radius 2 is 2.08 bits per heavy atom. The number of methoxy groups -OCH3 is 1. The highest BCUT2D eigenvalue weighted by Gasteiger charge is 2.09. The van der Waals surface area contributed by atoms with Gasteiger partial charge in [0.05, 0.1) is 0 Å².